The molecule has 0 radical (unpaired) electrons. The Hall–Kier alpha value is -2.54. The van der Waals surface area contributed by atoms with Crippen molar-refractivity contribution in [2.24, 2.45) is 16.6 Å². The summed E-state index contributed by atoms with van der Waals surface area (Å²) in [6, 6.07) is 7.16. The largest absolute Gasteiger partial charge is 0.462 e. The number of fused-ring (bicyclic) bond motifs is 1. The van der Waals surface area contributed by atoms with Gasteiger partial charge >= 0.3 is 0 Å². The molecule has 1 fully saturated rings. The molecule has 0 amide bonds. The number of hydrogen-bond donors (Lipinski definition) is 1. The van der Waals surface area contributed by atoms with E-state index < -0.39 is 18.0 Å². The van der Waals surface area contributed by atoms with Crippen molar-refractivity contribution in [2.75, 3.05) is 6.67 Å². The van der Waals surface area contributed by atoms with Crippen molar-refractivity contribution in [1.82, 2.24) is 4.98 Å². The van der Waals surface area contributed by atoms with Crippen LogP contribution in [0.15, 0.2) is 41.5 Å². The molecule has 2 aromatic rings. The first-order valence-corrected chi connectivity index (χ1v) is 8.82. The highest BCUT2D eigenvalue weighted by Gasteiger charge is 2.60. The molecule has 2 heterocycles. The van der Waals surface area contributed by atoms with Gasteiger partial charge in [0.15, 0.2) is 5.78 Å². The Morgan fingerprint density at radius 2 is 2.19 bits per heavy atom. The Morgan fingerprint density at radius 3 is 2.89 bits per heavy atom. The zero-order valence-electron chi connectivity index (χ0n) is 14.2. The summed E-state index contributed by atoms with van der Waals surface area (Å²) in [7, 11) is 0. The number of ether oxygens (including phenoxy) is 1. The predicted molar refractivity (Wildman–Crippen MR) is 95.9 cm³/mol. The number of rotatable bonds is 5. The standard InChI is InChI=1S/C19H16ClF2N3O2/c20-11-2-4-15(24-8-11)16(26)6-10-1-3-14(22)12(5-10)19(9-21)13-7-17(13)27-18(23)25-19/h1-5,8,13,17H,6-7,9H2,(H2,23,25)/t13-,17+,19+/m1/s1. The van der Waals surface area contributed by atoms with E-state index in [1.54, 1.807) is 6.07 Å². The first kappa shape index (κ1) is 17.9. The smallest absolute Gasteiger partial charge is 0.283 e. The molecule has 0 bridgehead atoms. The average molecular weight is 392 g/mol. The van der Waals surface area contributed by atoms with E-state index in [0.29, 0.717) is 17.0 Å². The Balaban J connectivity index is 1.66. The second kappa shape index (κ2) is 6.56. The highest BCUT2D eigenvalue weighted by Crippen LogP contribution is 2.53. The van der Waals surface area contributed by atoms with Gasteiger partial charge < -0.3 is 10.5 Å². The quantitative estimate of drug-likeness (QED) is 0.794. The van der Waals surface area contributed by atoms with E-state index in [1.165, 1.54) is 30.5 Å². The van der Waals surface area contributed by atoms with Crippen molar-refractivity contribution in [3.05, 3.63) is 64.2 Å². The van der Waals surface area contributed by atoms with Gasteiger partial charge in [-0.1, -0.05) is 17.7 Å². The van der Waals surface area contributed by atoms with Crippen LogP contribution >= 0.6 is 11.6 Å². The van der Waals surface area contributed by atoms with Gasteiger partial charge in [-0.3, -0.25) is 9.78 Å². The van der Waals surface area contributed by atoms with E-state index in [1.807, 2.05) is 0 Å². The Kier molecular flexibility index (Phi) is 4.34. The number of carbonyl (C=O) groups excluding carboxylic acids is 1. The van der Waals surface area contributed by atoms with Gasteiger partial charge in [-0.15, -0.1) is 0 Å². The number of halogens is 3. The van der Waals surface area contributed by atoms with E-state index in [2.05, 4.69) is 9.98 Å². The fourth-order valence-electron chi connectivity index (χ4n) is 3.56. The maximum Gasteiger partial charge on any atom is 0.283 e. The lowest BCUT2D eigenvalue weighted by molar-refractivity contribution is 0.0988. The Morgan fingerprint density at radius 1 is 1.37 bits per heavy atom. The number of hydrogen-bond acceptors (Lipinski definition) is 5. The number of carbonyl (C=O) groups is 1. The monoisotopic (exact) mass is 391 g/mol. The summed E-state index contributed by atoms with van der Waals surface area (Å²) >= 11 is 5.78. The minimum Gasteiger partial charge on any atom is -0.462 e. The van der Waals surface area contributed by atoms with E-state index in [9.17, 15) is 13.6 Å². The van der Waals surface area contributed by atoms with Crippen LogP contribution in [0, 0.1) is 11.7 Å². The molecule has 4 rings (SSSR count). The molecule has 2 N–H and O–H groups in total. The van der Waals surface area contributed by atoms with Crippen molar-refractivity contribution >= 4 is 23.4 Å². The van der Waals surface area contributed by atoms with Crippen LogP contribution < -0.4 is 5.73 Å². The van der Waals surface area contributed by atoms with Crippen molar-refractivity contribution < 1.29 is 18.3 Å². The third-order valence-corrected chi connectivity index (χ3v) is 5.23. The van der Waals surface area contributed by atoms with Crippen molar-refractivity contribution in [2.45, 2.75) is 24.5 Å². The molecule has 1 aromatic carbocycles. The number of pyridine rings is 1. The number of benzene rings is 1. The van der Waals surface area contributed by atoms with Crippen LogP contribution in [-0.4, -0.2) is 29.6 Å². The zero-order valence-corrected chi connectivity index (χ0v) is 14.9. The van der Waals surface area contributed by atoms with Crippen molar-refractivity contribution in [3.63, 3.8) is 0 Å². The van der Waals surface area contributed by atoms with Gasteiger partial charge in [0, 0.05) is 24.1 Å². The third kappa shape index (κ3) is 3.16. The second-order valence-electron chi connectivity index (χ2n) is 6.78. The van der Waals surface area contributed by atoms with Crippen LogP contribution in [0.25, 0.3) is 0 Å². The van der Waals surface area contributed by atoms with Crippen LogP contribution in [0.3, 0.4) is 0 Å². The fraction of sp³-hybridized carbons (Fsp3) is 0.316. The summed E-state index contributed by atoms with van der Waals surface area (Å²) in [6.45, 7) is -0.898. The molecular weight excluding hydrogens is 376 g/mol. The number of aliphatic imine (C=N–C) groups is 1. The lowest BCUT2D eigenvalue weighted by atomic mass is 9.84. The zero-order chi connectivity index (χ0) is 19.2. The molecule has 1 saturated carbocycles. The molecule has 8 heteroatoms. The van der Waals surface area contributed by atoms with Crippen molar-refractivity contribution in [1.29, 1.82) is 0 Å². The average Bonchev–Trinajstić information content (AvgIpc) is 3.43. The summed E-state index contributed by atoms with van der Waals surface area (Å²) in [5.74, 6) is -1.11. The SMILES string of the molecule is NC1=N[C@@](CF)(c2cc(CC(=O)c3ccc(Cl)cn3)ccc2F)[C@@H]2C[C@@H]2O1. The van der Waals surface area contributed by atoms with Crippen LogP contribution in [0.2, 0.25) is 5.02 Å². The van der Waals surface area contributed by atoms with Gasteiger partial charge in [-0.25, -0.2) is 13.8 Å². The first-order valence-electron chi connectivity index (χ1n) is 8.44. The second-order valence-corrected chi connectivity index (χ2v) is 7.22. The van der Waals surface area contributed by atoms with Crippen LogP contribution in [0.5, 0.6) is 0 Å². The molecule has 1 aliphatic heterocycles. The van der Waals surface area contributed by atoms with Gasteiger partial charge in [0.2, 0.25) is 0 Å². The number of ketones is 1. The Labute approximate surface area is 159 Å². The molecule has 140 valence electrons. The molecular formula is C19H16ClF2N3O2. The Bertz CT molecular complexity index is 935. The lowest BCUT2D eigenvalue weighted by Crippen LogP contribution is -2.39. The van der Waals surface area contributed by atoms with Gasteiger partial charge in [0.05, 0.1) is 5.02 Å². The molecule has 2 aliphatic rings. The summed E-state index contributed by atoms with van der Waals surface area (Å²) in [5, 5.41) is 0.425. The molecule has 5 nitrogen and oxygen atoms in total. The summed E-state index contributed by atoms with van der Waals surface area (Å²) in [4.78, 5) is 20.5. The fourth-order valence-corrected chi connectivity index (χ4v) is 3.67. The number of nitrogens with two attached hydrogens (primary N) is 1. The number of nitrogens with zero attached hydrogens (tertiary/aromatic N) is 2. The van der Waals surface area contributed by atoms with Crippen LogP contribution in [0.4, 0.5) is 8.78 Å². The van der Waals surface area contributed by atoms with Crippen LogP contribution in [-0.2, 0) is 16.7 Å². The number of Topliss-reactive ketones (excluding diaryl/α,β-unsaturated/α-hetero) is 1. The predicted octanol–water partition coefficient (Wildman–Crippen LogP) is 3.20. The molecule has 3 atom stereocenters. The normalized spacial score (nSPS) is 26.0. The summed E-state index contributed by atoms with van der Waals surface area (Å²) in [6.07, 6.45) is 1.69. The topological polar surface area (TPSA) is 77.6 Å². The number of alkyl halides is 1. The van der Waals surface area contributed by atoms with Gasteiger partial charge in [0.1, 0.15) is 29.8 Å². The van der Waals surface area contributed by atoms with Crippen LogP contribution in [0.1, 0.15) is 28.0 Å². The summed E-state index contributed by atoms with van der Waals surface area (Å²) in [5.41, 5.74) is 5.14. The van der Waals surface area contributed by atoms with E-state index >= 15 is 0 Å². The van der Waals surface area contributed by atoms with E-state index in [-0.39, 0.29) is 41.5 Å². The van der Waals surface area contributed by atoms with E-state index in [0.717, 1.165) is 0 Å². The molecule has 0 spiro atoms. The van der Waals surface area contributed by atoms with Gasteiger partial charge in [-0.2, -0.15) is 0 Å². The first-order chi connectivity index (χ1) is 12.9. The molecule has 1 aromatic heterocycles. The lowest BCUT2D eigenvalue weighted by Gasteiger charge is -2.31. The minimum atomic E-state index is -1.41. The number of aromatic nitrogens is 1. The van der Waals surface area contributed by atoms with Crippen molar-refractivity contribution in [3.8, 4) is 0 Å². The molecule has 27 heavy (non-hydrogen) atoms. The van der Waals surface area contributed by atoms with Gasteiger partial charge in [-0.05, 0) is 36.2 Å². The highest BCUT2D eigenvalue weighted by molar-refractivity contribution is 6.30. The van der Waals surface area contributed by atoms with E-state index in [4.69, 9.17) is 22.1 Å². The maximum absolute atomic E-state index is 14.6. The summed E-state index contributed by atoms with van der Waals surface area (Å²) < 4.78 is 34.0. The number of amidine groups is 1. The third-order valence-electron chi connectivity index (χ3n) is 5.01. The maximum atomic E-state index is 14.6. The highest BCUT2D eigenvalue weighted by atomic mass is 35.5. The minimum absolute atomic E-state index is 0.00588. The molecule has 1 aliphatic carbocycles. The van der Waals surface area contributed by atoms with Gasteiger partial charge in [0.25, 0.3) is 6.02 Å². The molecule has 0 unspecified atom stereocenters. The molecule has 0 saturated heterocycles.